The van der Waals surface area contributed by atoms with Gasteiger partial charge in [0.15, 0.2) is 0 Å². The van der Waals surface area contributed by atoms with Crippen molar-refractivity contribution in [3.8, 4) is 5.75 Å². The number of halogens is 1. The summed E-state index contributed by atoms with van der Waals surface area (Å²) in [4.78, 5) is 1.18. The molecule has 0 aromatic heterocycles. The first-order valence-electron chi connectivity index (χ1n) is 5.28. The Kier molecular flexibility index (Phi) is 4.50. The fourth-order valence-corrected chi connectivity index (χ4v) is 5.13. The number of ether oxygens (including phenoxy) is 1. The number of benzene rings is 1. The number of hydrogen-bond donors (Lipinski definition) is 0. The van der Waals surface area contributed by atoms with Gasteiger partial charge in [-0.2, -0.15) is 0 Å². The fourth-order valence-electron chi connectivity index (χ4n) is 2.10. The van der Waals surface area contributed by atoms with Crippen LogP contribution in [0.3, 0.4) is 0 Å². The molecule has 1 nitrogen and oxygen atoms in total. The second-order valence-corrected chi connectivity index (χ2v) is 7.44. The van der Waals surface area contributed by atoms with Crippen LogP contribution in [0.4, 0.5) is 0 Å². The lowest BCUT2D eigenvalue weighted by atomic mass is 10.1. The van der Waals surface area contributed by atoms with Gasteiger partial charge in [-0.3, -0.25) is 0 Å². The van der Waals surface area contributed by atoms with Gasteiger partial charge in [-0.1, -0.05) is 11.6 Å². The third-order valence-electron chi connectivity index (χ3n) is 3.01. The zero-order valence-corrected chi connectivity index (χ0v) is 13.3. The summed E-state index contributed by atoms with van der Waals surface area (Å²) < 4.78 is 5.89. The molecule has 5 heteroatoms. The highest BCUT2D eigenvalue weighted by Crippen LogP contribution is 2.56. The Hall–Kier alpha value is 0.360. The van der Waals surface area contributed by atoms with Crippen molar-refractivity contribution in [2.45, 2.75) is 15.4 Å². The molecule has 0 bridgehead atoms. The Morgan fingerprint density at radius 2 is 1.94 bits per heavy atom. The smallest absolute Gasteiger partial charge is 0.139 e. The van der Waals surface area contributed by atoms with Gasteiger partial charge in [-0.05, 0) is 30.9 Å². The van der Waals surface area contributed by atoms with Crippen molar-refractivity contribution < 1.29 is 4.74 Å². The Balaban J connectivity index is 2.64. The van der Waals surface area contributed by atoms with Crippen LogP contribution >= 0.6 is 46.9 Å². The third-order valence-corrected chi connectivity index (χ3v) is 7.22. The van der Waals surface area contributed by atoms with Gasteiger partial charge < -0.3 is 4.74 Å². The molecule has 1 aliphatic rings. The monoisotopic (exact) mass is 306 g/mol. The van der Waals surface area contributed by atoms with Crippen LogP contribution in [-0.4, -0.2) is 25.4 Å². The minimum absolute atomic E-state index is 0.0381. The van der Waals surface area contributed by atoms with E-state index in [0.717, 1.165) is 29.4 Å². The highest BCUT2D eigenvalue weighted by molar-refractivity contribution is 8.16. The van der Waals surface area contributed by atoms with Crippen LogP contribution in [0.15, 0.2) is 17.0 Å². The van der Waals surface area contributed by atoms with Crippen molar-refractivity contribution >= 4 is 46.9 Å². The maximum absolute atomic E-state index is 6.40. The fraction of sp³-hybridized carbons (Fsp3) is 0.500. The first-order chi connectivity index (χ1) is 8.18. The van der Waals surface area contributed by atoms with Gasteiger partial charge in [-0.15, -0.1) is 35.3 Å². The lowest BCUT2D eigenvalue weighted by Gasteiger charge is -2.37. The maximum Gasteiger partial charge on any atom is 0.139 e. The van der Waals surface area contributed by atoms with E-state index in [9.17, 15) is 0 Å². The predicted molar refractivity (Wildman–Crippen MR) is 82.1 cm³/mol. The second kappa shape index (κ2) is 5.55. The Morgan fingerprint density at radius 3 is 2.53 bits per heavy atom. The molecule has 2 rings (SSSR count). The molecule has 0 radical (unpaired) electrons. The highest BCUT2D eigenvalue weighted by Gasteiger charge is 2.39. The van der Waals surface area contributed by atoms with Gasteiger partial charge in [0.2, 0.25) is 0 Å². The van der Waals surface area contributed by atoms with E-state index in [0.29, 0.717) is 0 Å². The molecule has 1 aliphatic heterocycles. The van der Waals surface area contributed by atoms with E-state index in [2.05, 4.69) is 18.8 Å². The first-order valence-corrected chi connectivity index (χ1v) is 9.34. The molecule has 0 saturated carbocycles. The lowest BCUT2D eigenvalue weighted by molar-refractivity contribution is 0.273. The van der Waals surface area contributed by atoms with Crippen molar-refractivity contribution in [2.24, 2.45) is 0 Å². The molecule has 0 aliphatic carbocycles. The predicted octanol–water partition coefficient (Wildman–Crippen LogP) is 4.72. The van der Waals surface area contributed by atoms with Crippen LogP contribution in [-0.2, 0) is 4.08 Å². The van der Waals surface area contributed by atoms with Gasteiger partial charge in [0.05, 0.1) is 10.7 Å². The van der Waals surface area contributed by atoms with E-state index in [1.807, 2.05) is 35.7 Å². The summed E-state index contributed by atoms with van der Waals surface area (Å²) in [5.41, 5.74) is 1.16. The van der Waals surface area contributed by atoms with E-state index in [-0.39, 0.29) is 4.08 Å². The molecule has 0 N–H and O–H groups in total. The van der Waals surface area contributed by atoms with Crippen molar-refractivity contribution in [2.75, 3.05) is 25.4 Å². The summed E-state index contributed by atoms with van der Waals surface area (Å²) in [6, 6.07) is 4.03. The normalized spacial score (nSPS) is 17.4. The Labute approximate surface area is 120 Å². The van der Waals surface area contributed by atoms with Crippen LogP contribution in [0, 0.1) is 0 Å². The number of rotatable bonds is 3. The van der Waals surface area contributed by atoms with Crippen LogP contribution < -0.4 is 4.74 Å². The average Bonchev–Trinajstić information content (AvgIpc) is 2.38. The highest BCUT2D eigenvalue weighted by atomic mass is 35.5. The third kappa shape index (κ3) is 2.29. The van der Waals surface area contributed by atoms with Crippen LogP contribution in [0.2, 0.25) is 5.02 Å². The quantitative estimate of drug-likeness (QED) is 0.590. The van der Waals surface area contributed by atoms with Gasteiger partial charge in [0, 0.05) is 21.9 Å². The van der Waals surface area contributed by atoms with Crippen molar-refractivity contribution in [3.05, 3.63) is 22.7 Å². The van der Waals surface area contributed by atoms with Gasteiger partial charge >= 0.3 is 0 Å². The molecule has 94 valence electrons. The largest absolute Gasteiger partial charge is 0.492 e. The summed E-state index contributed by atoms with van der Waals surface area (Å²) >= 11 is 11.8. The van der Waals surface area contributed by atoms with Crippen molar-refractivity contribution in [1.29, 1.82) is 0 Å². The topological polar surface area (TPSA) is 9.23 Å². The van der Waals surface area contributed by atoms with Gasteiger partial charge in [0.1, 0.15) is 5.75 Å². The van der Waals surface area contributed by atoms with E-state index in [4.69, 9.17) is 16.3 Å². The minimum atomic E-state index is 0.0381. The summed E-state index contributed by atoms with van der Waals surface area (Å²) in [6.45, 7) is 0.766. The van der Waals surface area contributed by atoms with Gasteiger partial charge in [-0.25, -0.2) is 0 Å². The summed E-state index contributed by atoms with van der Waals surface area (Å²) in [5.74, 6) is 0.986. The molecule has 0 saturated heterocycles. The zero-order chi connectivity index (χ0) is 12.5. The lowest BCUT2D eigenvalue weighted by Crippen LogP contribution is -2.27. The second-order valence-electron chi connectivity index (χ2n) is 3.71. The SMILES string of the molecule is CSc1ccc(Cl)c2c1OCCC2(SC)SC. The van der Waals surface area contributed by atoms with Crippen molar-refractivity contribution in [3.63, 3.8) is 0 Å². The molecule has 0 atom stereocenters. The Morgan fingerprint density at radius 1 is 1.24 bits per heavy atom. The van der Waals surface area contributed by atoms with Crippen LogP contribution in [0.1, 0.15) is 12.0 Å². The minimum Gasteiger partial charge on any atom is -0.492 e. The summed E-state index contributed by atoms with van der Waals surface area (Å²) in [6.07, 6.45) is 7.36. The molecule has 0 unspecified atom stereocenters. The molecule has 0 amide bonds. The average molecular weight is 307 g/mol. The Bertz CT molecular complexity index is 418. The van der Waals surface area contributed by atoms with Crippen molar-refractivity contribution in [1.82, 2.24) is 0 Å². The van der Waals surface area contributed by atoms with E-state index >= 15 is 0 Å². The van der Waals surface area contributed by atoms with E-state index in [1.165, 1.54) is 4.90 Å². The molecule has 17 heavy (non-hydrogen) atoms. The summed E-state index contributed by atoms with van der Waals surface area (Å²) in [5, 5.41) is 0.821. The number of hydrogen-bond acceptors (Lipinski definition) is 4. The number of thioether (sulfide) groups is 3. The summed E-state index contributed by atoms with van der Waals surface area (Å²) in [7, 11) is 0. The van der Waals surface area contributed by atoms with Crippen LogP contribution in [0.25, 0.3) is 0 Å². The van der Waals surface area contributed by atoms with E-state index in [1.54, 1.807) is 11.8 Å². The molecule has 1 heterocycles. The molecular weight excluding hydrogens is 292 g/mol. The molecular formula is C12H15ClOS3. The molecule has 0 fully saturated rings. The van der Waals surface area contributed by atoms with E-state index < -0.39 is 0 Å². The molecule has 0 spiro atoms. The standard InChI is InChI=1S/C12H15ClOS3/c1-15-9-5-4-8(13)10-11(9)14-7-6-12(10,16-2)17-3/h4-5H,6-7H2,1-3H3. The number of fused-ring (bicyclic) bond motifs is 1. The zero-order valence-electron chi connectivity index (χ0n) is 10.1. The molecule has 1 aromatic carbocycles. The van der Waals surface area contributed by atoms with Gasteiger partial charge in [0.25, 0.3) is 0 Å². The van der Waals surface area contributed by atoms with Crippen LogP contribution in [0.5, 0.6) is 5.75 Å². The maximum atomic E-state index is 6.40. The first kappa shape index (κ1) is 13.8. The molecule has 1 aromatic rings.